The van der Waals surface area contributed by atoms with E-state index < -0.39 is 0 Å². The maximum atomic E-state index is 13.1. The lowest BCUT2D eigenvalue weighted by atomic mass is 10.2. The molecule has 0 spiro atoms. The second kappa shape index (κ2) is 4.55. The summed E-state index contributed by atoms with van der Waals surface area (Å²) in [6.45, 7) is 0.816. The van der Waals surface area contributed by atoms with E-state index in [0.29, 0.717) is 6.04 Å². The summed E-state index contributed by atoms with van der Waals surface area (Å²) in [5.74, 6) is -0.213. The van der Waals surface area contributed by atoms with Crippen LogP contribution in [0.5, 0.6) is 0 Å². The van der Waals surface area contributed by atoms with Crippen molar-refractivity contribution in [1.82, 2.24) is 10.3 Å². The van der Waals surface area contributed by atoms with Gasteiger partial charge >= 0.3 is 0 Å². The van der Waals surface area contributed by atoms with E-state index in [-0.39, 0.29) is 5.82 Å². The van der Waals surface area contributed by atoms with Crippen LogP contribution in [0.3, 0.4) is 0 Å². The molecule has 1 aromatic carbocycles. The molecule has 4 heteroatoms. The van der Waals surface area contributed by atoms with Crippen molar-refractivity contribution in [3.05, 3.63) is 41.2 Å². The maximum Gasteiger partial charge on any atom is 0.123 e. The smallest absolute Gasteiger partial charge is 0.123 e. The Morgan fingerprint density at radius 3 is 3.06 bits per heavy atom. The van der Waals surface area contributed by atoms with E-state index >= 15 is 0 Å². The van der Waals surface area contributed by atoms with Crippen LogP contribution in [0.4, 0.5) is 4.39 Å². The van der Waals surface area contributed by atoms with E-state index in [1.165, 1.54) is 25.0 Å². The zero-order valence-corrected chi connectivity index (χ0v) is 10.1. The number of thiazole rings is 1. The summed E-state index contributed by atoms with van der Waals surface area (Å²) < 4.78 is 13.1. The molecule has 0 atom stereocenters. The highest BCUT2D eigenvalue weighted by Gasteiger charge is 2.20. The number of nitrogens with one attached hydrogen (secondary N) is 1. The Bertz CT molecular complexity index is 520. The predicted octanol–water partition coefficient (Wildman–Crippen LogP) is 3.20. The Morgan fingerprint density at radius 2 is 2.29 bits per heavy atom. The molecule has 0 unspecified atom stereocenters. The van der Waals surface area contributed by atoms with Gasteiger partial charge < -0.3 is 5.32 Å². The van der Waals surface area contributed by atoms with Gasteiger partial charge in [0.15, 0.2) is 0 Å². The lowest BCUT2D eigenvalue weighted by molar-refractivity contribution is 0.628. The summed E-state index contributed by atoms with van der Waals surface area (Å²) in [5, 5.41) is 6.34. The van der Waals surface area contributed by atoms with Gasteiger partial charge in [0.2, 0.25) is 0 Å². The molecule has 3 rings (SSSR count). The van der Waals surface area contributed by atoms with Crippen LogP contribution in [0.25, 0.3) is 10.6 Å². The normalized spacial score (nSPS) is 15.1. The second-order valence-corrected chi connectivity index (χ2v) is 5.17. The summed E-state index contributed by atoms with van der Waals surface area (Å²) in [7, 11) is 0. The van der Waals surface area contributed by atoms with Crippen LogP contribution < -0.4 is 5.32 Å². The van der Waals surface area contributed by atoms with Crippen LogP contribution in [-0.2, 0) is 6.54 Å². The van der Waals surface area contributed by atoms with E-state index in [9.17, 15) is 4.39 Å². The molecular weight excluding hydrogens is 235 g/mol. The van der Waals surface area contributed by atoms with E-state index in [0.717, 1.165) is 22.8 Å². The minimum absolute atomic E-state index is 0.213. The van der Waals surface area contributed by atoms with Gasteiger partial charge in [0.05, 0.1) is 5.69 Å². The van der Waals surface area contributed by atoms with Crippen LogP contribution >= 0.6 is 11.3 Å². The molecule has 1 aliphatic carbocycles. The van der Waals surface area contributed by atoms with Gasteiger partial charge in [0.1, 0.15) is 10.8 Å². The Labute approximate surface area is 104 Å². The molecule has 1 fully saturated rings. The quantitative estimate of drug-likeness (QED) is 0.898. The monoisotopic (exact) mass is 248 g/mol. The minimum Gasteiger partial charge on any atom is -0.308 e. The van der Waals surface area contributed by atoms with Crippen LogP contribution in [0.1, 0.15) is 18.5 Å². The van der Waals surface area contributed by atoms with Gasteiger partial charge in [-0.1, -0.05) is 12.1 Å². The number of halogens is 1. The van der Waals surface area contributed by atoms with Crippen molar-refractivity contribution in [1.29, 1.82) is 0 Å². The van der Waals surface area contributed by atoms with Gasteiger partial charge in [-0.15, -0.1) is 11.3 Å². The highest BCUT2D eigenvalue weighted by molar-refractivity contribution is 7.13. The molecule has 88 valence electrons. The van der Waals surface area contributed by atoms with Gasteiger partial charge in [-0.2, -0.15) is 0 Å². The first kappa shape index (κ1) is 10.9. The standard InChI is InChI=1S/C13H13FN2S/c14-10-3-1-2-9(6-10)13-16-12(8-17-13)7-15-11-4-5-11/h1-3,6,8,11,15H,4-5,7H2. The van der Waals surface area contributed by atoms with Crippen molar-refractivity contribution in [2.24, 2.45) is 0 Å². The number of rotatable bonds is 4. The molecule has 1 saturated carbocycles. The fourth-order valence-corrected chi connectivity index (χ4v) is 2.50. The summed E-state index contributed by atoms with van der Waals surface area (Å²) in [6, 6.07) is 7.27. The van der Waals surface area contributed by atoms with Gasteiger partial charge in [0.25, 0.3) is 0 Å². The fourth-order valence-electron chi connectivity index (χ4n) is 1.68. The third kappa shape index (κ3) is 2.70. The van der Waals surface area contributed by atoms with E-state index in [1.807, 2.05) is 11.4 Å². The number of nitrogens with zero attached hydrogens (tertiary/aromatic N) is 1. The van der Waals surface area contributed by atoms with Crippen molar-refractivity contribution in [3.8, 4) is 10.6 Å². The predicted molar refractivity (Wildman–Crippen MR) is 67.4 cm³/mol. The molecule has 17 heavy (non-hydrogen) atoms. The van der Waals surface area contributed by atoms with Gasteiger partial charge in [-0.05, 0) is 25.0 Å². The molecule has 1 N–H and O–H groups in total. The summed E-state index contributed by atoms with van der Waals surface area (Å²) in [6.07, 6.45) is 2.56. The minimum atomic E-state index is -0.213. The highest BCUT2D eigenvalue weighted by atomic mass is 32.1. The van der Waals surface area contributed by atoms with Crippen LogP contribution in [0.15, 0.2) is 29.6 Å². The SMILES string of the molecule is Fc1cccc(-c2nc(CNC3CC3)cs2)c1. The van der Waals surface area contributed by atoms with Crippen LogP contribution in [0.2, 0.25) is 0 Å². The molecule has 0 saturated heterocycles. The summed E-state index contributed by atoms with van der Waals surface area (Å²) >= 11 is 1.57. The molecule has 1 aromatic heterocycles. The highest BCUT2D eigenvalue weighted by Crippen LogP contribution is 2.25. The molecule has 0 radical (unpaired) electrons. The zero-order valence-electron chi connectivity index (χ0n) is 9.32. The molecule has 2 aromatic rings. The van der Waals surface area contributed by atoms with Gasteiger partial charge in [0, 0.05) is 23.5 Å². The number of hydrogen-bond acceptors (Lipinski definition) is 3. The maximum absolute atomic E-state index is 13.1. The molecule has 2 nitrogen and oxygen atoms in total. The summed E-state index contributed by atoms with van der Waals surface area (Å²) in [4.78, 5) is 4.51. The summed E-state index contributed by atoms with van der Waals surface area (Å²) in [5.41, 5.74) is 1.90. The van der Waals surface area contributed by atoms with Crippen LogP contribution in [0, 0.1) is 5.82 Å². The molecule has 1 heterocycles. The molecule has 1 aliphatic rings. The second-order valence-electron chi connectivity index (χ2n) is 4.31. The third-order valence-electron chi connectivity index (χ3n) is 2.77. The van der Waals surface area contributed by atoms with Crippen molar-refractivity contribution in [2.45, 2.75) is 25.4 Å². The Morgan fingerprint density at radius 1 is 1.41 bits per heavy atom. The van der Waals surface area contributed by atoms with Gasteiger partial charge in [-0.25, -0.2) is 9.37 Å². The first-order chi connectivity index (χ1) is 8.31. The largest absolute Gasteiger partial charge is 0.308 e. The van der Waals surface area contributed by atoms with Crippen molar-refractivity contribution in [3.63, 3.8) is 0 Å². The zero-order chi connectivity index (χ0) is 11.7. The van der Waals surface area contributed by atoms with Gasteiger partial charge in [-0.3, -0.25) is 0 Å². The van der Waals surface area contributed by atoms with Crippen LogP contribution in [-0.4, -0.2) is 11.0 Å². The lowest BCUT2D eigenvalue weighted by Gasteiger charge is -1.98. The number of hydrogen-bond donors (Lipinski definition) is 1. The first-order valence-corrected chi connectivity index (χ1v) is 6.63. The first-order valence-electron chi connectivity index (χ1n) is 5.75. The van der Waals surface area contributed by atoms with Crippen molar-refractivity contribution in [2.75, 3.05) is 0 Å². The average molecular weight is 248 g/mol. The average Bonchev–Trinajstić information content (AvgIpc) is 3.04. The molecule has 0 aliphatic heterocycles. The van der Waals surface area contributed by atoms with E-state index in [4.69, 9.17) is 0 Å². The lowest BCUT2D eigenvalue weighted by Crippen LogP contribution is -2.15. The molecule has 0 bridgehead atoms. The molecule has 0 amide bonds. The van der Waals surface area contributed by atoms with E-state index in [2.05, 4.69) is 10.3 Å². The topological polar surface area (TPSA) is 24.9 Å². The molecular formula is C13H13FN2S. The third-order valence-corrected chi connectivity index (χ3v) is 3.71. The fraction of sp³-hybridized carbons (Fsp3) is 0.308. The Hall–Kier alpha value is -1.26. The number of benzene rings is 1. The Kier molecular flexibility index (Phi) is 2.91. The Balaban J connectivity index is 1.74. The van der Waals surface area contributed by atoms with Crippen molar-refractivity contribution >= 4 is 11.3 Å². The number of aromatic nitrogens is 1. The van der Waals surface area contributed by atoms with E-state index in [1.54, 1.807) is 17.4 Å². The van der Waals surface area contributed by atoms with Crippen molar-refractivity contribution < 1.29 is 4.39 Å².